The minimum atomic E-state index is -0.396. The van der Waals surface area contributed by atoms with Gasteiger partial charge in [0.1, 0.15) is 11.6 Å². The summed E-state index contributed by atoms with van der Waals surface area (Å²) in [6.45, 7) is 1.75. The molecule has 3 nitrogen and oxygen atoms in total. The van der Waals surface area contributed by atoms with Crippen molar-refractivity contribution >= 4 is 11.6 Å². The second-order valence-electron chi connectivity index (χ2n) is 4.21. The normalized spacial score (nSPS) is 10.3. The molecule has 0 spiro atoms. The van der Waals surface area contributed by atoms with Crippen LogP contribution in [0, 0.1) is 12.7 Å². The minimum Gasteiger partial charge on any atom is -0.384 e. The fraction of sp³-hybridized carbons (Fsp3) is 0.143. The lowest BCUT2D eigenvalue weighted by atomic mass is 10.0. The number of benzene rings is 1. The number of carbonyl (C=O) groups is 1. The number of nitrogen functional groups attached to an aromatic ring is 1. The Balaban J connectivity index is 2.22. The summed E-state index contributed by atoms with van der Waals surface area (Å²) >= 11 is 0. The van der Waals surface area contributed by atoms with Gasteiger partial charge in [0, 0.05) is 18.2 Å². The maximum atomic E-state index is 13.2. The average molecular weight is 244 g/mol. The zero-order valence-electron chi connectivity index (χ0n) is 9.98. The maximum Gasteiger partial charge on any atom is 0.167 e. The monoisotopic (exact) mass is 244 g/mol. The van der Waals surface area contributed by atoms with Gasteiger partial charge in [0.05, 0.1) is 0 Å². The highest BCUT2D eigenvalue weighted by molar-refractivity contribution is 5.97. The van der Waals surface area contributed by atoms with Gasteiger partial charge in [-0.1, -0.05) is 0 Å². The average Bonchev–Trinajstić information content (AvgIpc) is 2.27. The summed E-state index contributed by atoms with van der Waals surface area (Å²) in [4.78, 5) is 15.9. The van der Waals surface area contributed by atoms with Gasteiger partial charge in [-0.25, -0.2) is 9.37 Å². The van der Waals surface area contributed by atoms with Crippen LogP contribution in [0.25, 0.3) is 0 Å². The highest BCUT2D eigenvalue weighted by Crippen LogP contribution is 2.12. The van der Waals surface area contributed by atoms with Gasteiger partial charge in [0.25, 0.3) is 0 Å². The van der Waals surface area contributed by atoms with Crippen molar-refractivity contribution in [2.45, 2.75) is 13.3 Å². The smallest absolute Gasteiger partial charge is 0.167 e. The van der Waals surface area contributed by atoms with E-state index in [1.54, 1.807) is 31.3 Å². The van der Waals surface area contributed by atoms with Crippen LogP contribution >= 0.6 is 0 Å². The van der Waals surface area contributed by atoms with Crippen molar-refractivity contribution in [2.24, 2.45) is 0 Å². The third-order valence-electron chi connectivity index (χ3n) is 2.57. The first-order valence-electron chi connectivity index (χ1n) is 5.55. The lowest BCUT2D eigenvalue weighted by Gasteiger charge is -2.04. The number of hydrogen-bond acceptors (Lipinski definition) is 3. The molecular weight excluding hydrogens is 231 g/mol. The fourth-order valence-corrected chi connectivity index (χ4v) is 1.79. The molecule has 2 aromatic rings. The van der Waals surface area contributed by atoms with Crippen molar-refractivity contribution in [3.63, 3.8) is 0 Å². The van der Waals surface area contributed by atoms with Crippen LogP contribution in [0.5, 0.6) is 0 Å². The number of ketones is 1. The topological polar surface area (TPSA) is 56.0 Å². The Hall–Kier alpha value is -2.23. The Morgan fingerprint density at radius 3 is 2.78 bits per heavy atom. The van der Waals surface area contributed by atoms with Crippen LogP contribution in [-0.4, -0.2) is 10.8 Å². The molecule has 0 aliphatic heterocycles. The van der Waals surface area contributed by atoms with E-state index in [4.69, 9.17) is 5.73 Å². The standard InChI is InChI=1S/C14H13FN2O/c1-9-4-11(8-12(15)5-9)13(18)6-10-2-3-17-14(16)7-10/h2-5,7-8H,6H2,1H3,(H2,16,17). The fourth-order valence-electron chi connectivity index (χ4n) is 1.79. The molecule has 1 aromatic carbocycles. The van der Waals surface area contributed by atoms with E-state index >= 15 is 0 Å². The molecule has 0 saturated carbocycles. The summed E-state index contributed by atoms with van der Waals surface area (Å²) in [6.07, 6.45) is 1.74. The molecular formula is C14H13FN2O. The van der Waals surface area contributed by atoms with Crippen molar-refractivity contribution < 1.29 is 9.18 Å². The molecule has 1 aromatic heterocycles. The molecule has 0 fully saturated rings. The van der Waals surface area contributed by atoms with Crippen molar-refractivity contribution in [3.8, 4) is 0 Å². The lowest BCUT2D eigenvalue weighted by Crippen LogP contribution is -2.05. The van der Waals surface area contributed by atoms with E-state index in [0.29, 0.717) is 11.4 Å². The highest BCUT2D eigenvalue weighted by Gasteiger charge is 2.09. The van der Waals surface area contributed by atoms with Crippen molar-refractivity contribution in [2.75, 3.05) is 5.73 Å². The van der Waals surface area contributed by atoms with Crippen molar-refractivity contribution in [3.05, 3.63) is 59.0 Å². The van der Waals surface area contributed by atoms with E-state index in [0.717, 1.165) is 11.1 Å². The highest BCUT2D eigenvalue weighted by atomic mass is 19.1. The van der Waals surface area contributed by atoms with Crippen LogP contribution in [0.3, 0.4) is 0 Å². The summed E-state index contributed by atoms with van der Waals surface area (Å²) in [6, 6.07) is 7.68. The number of hydrogen-bond donors (Lipinski definition) is 1. The minimum absolute atomic E-state index is 0.136. The largest absolute Gasteiger partial charge is 0.384 e. The van der Waals surface area contributed by atoms with Gasteiger partial charge in [-0.3, -0.25) is 4.79 Å². The van der Waals surface area contributed by atoms with Gasteiger partial charge >= 0.3 is 0 Å². The van der Waals surface area contributed by atoms with Gasteiger partial charge in [0.2, 0.25) is 0 Å². The number of aromatic nitrogens is 1. The number of nitrogens with zero attached hydrogens (tertiary/aromatic N) is 1. The molecule has 0 bridgehead atoms. The molecule has 0 aliphatic carbocycles. The zero-order valence-corrected chi connectivity index (χ0v) is 9.98. The second-order valence-corrected chi connectivity index (χ2v) is 4.21. The second kappa shape index (κ2) is 4.96. The third kappa shape index (κ3) is 2.91. The van der Waals surface area contributed by atoms with Crippen LogP contribution < -0.4 is 5.73 Å². The summed E-state index contributed by atoms with van der Waals surface area (Å²) in [5.41, 5.74) is 7.42. The van der Waals surface area contributed by atoms with Crippen molar-refractivity contribution in [1.82, 2.24) is 4.98 Å². The molecule has 0 aliphatic rings. The van der Waals surface area contributed by atoms with Crippen LogP contribution in [-0.2, 0) is 6.42 Å². The summed E-state index contributed by atoms with van der Waals surface area (Å²) in [5.74, 6) is -0.161. The number of Topliss-reactive ketones (excluding diaryl/α,β-unsaturated/α-hetero) is 1. The van der Waals surface area contributed by atoms with E-state index in [2.05, 4.69) is 4.98 Å². The molecule has 2 rings (SSSR count). The maximum absolute atomic E-state index is 13.2. The first-order valence-corrected chi connectivity index (χ1v) is 5.55. The predicted molar refractivity (Wildman–Crippen MR) is 67.8 cm³/mol. The Morgan fingerprint density at radius 2 is 2.11 bits per heavy atom. The van der Waals surface area contributed by atoms with E-state index in [1.807, 2.05) is 0 Å². The molecule has 2 N–H and O–H groups in total. The number of anilines is 1. The summed E-state index contributed by atoms with van der Waals surface area (Å²) in [5, 5.41) is 0. The summed E-state index contributed by atoms with van der Waals surface area (Å²) < 4.78 is 13.2. The van der Waals surface area contributed by atoms with Crippen molar-refractivity contribution in [1.29, 1.82) is 0 Å². The first-order chi connectivity index (χ1) is 8.54. The lowest BCUT2D eigenvalue weighted by molar-refractivity contribution is 0.0992. The van der Waals surface area contributed by atoms with E-state index < -0.39 is 5.82 Å². The number of carbonyl (C=O) groups excluding carboxylic acids is 1. The molecule has 0 saturated heterocycles. The van der Waals surface area contributed by atoms with Crippen LogP contribution in [0.4, 0.5) is 10.2 Å². The van der Waals surface area contributed by atoms with Gasteiger partial charge in [0.15, 0.2) is 5.78 Å². The molecule has 0 unspecified atom stereocenters. The van der Waals surface area contributed by atoms with Crippen LogP contribution in [0.15, 0.2) is 36.5 Å². The molecule has 4 heteroatoms. The zero-order chi connectivity index (χ0) is 13.1. The van der Waals surface area contributed by atoms with Crippen LogP contribution in [0.1, 0.15) is 21.5 Å². The predicted octanol–water partition coefficient (Wildman–Crippen LogP) is 2.54. The Kier molecular flexibility index (Phi) is 3.37. The number of pyridine rings is 1. The number of nitrogens with two attached hydrogens (primary N) is 1. The molecule has 92 valence electrons. The SMILES string of the molecule is Cc1cc(F)cc(C(=O)Cc2ccnc(N)c2)c1. The number of aryl methyl sites for hydroxylation is 1. The van der Waals surface area contributed by atoms with E-state index in [-0.39, 0.29) is 12.2 Å². The molecule has 0 radical (unpaired) electrons. The molecule has 1 heterocycles. The number of rotatable bonds is 3. The quantitative estimate of drug-likeness (QED) is 0.844. The summed E-state index contributed by atoms with van der Waals surface area (Å²) in [7, 11) is 0. The van der Waals surface area contributed by atoms with E-state index in [9.17, 15) is 9.18 Å². The first kappa shape index (κ1) is 12.2. The Bertz CT molecular complexity index is 576. The number of halogens is 1. The van der Waals surface area contributed by atoms with Gasteiger partial charge in [-0.2, -0.15) is 0 Å². The van der Waals surface area contributed by atoms with Gasteiger partial charge in [-0.15, -0.1) is 0 Å². The molecule has 0 atom stereocenters. The van der Waals surface area contributed by atoms with Crippen LogP contribution in [0.2, 0.25) is 0 Å². The Labute approximate surface area is 104 Å². The van der Waals surface area contributed by atoms with Gasteiger partial charge < -0.3 is 5.73 Å². The molecule has 18 heavy (non-hydrogen) atoms. The molecule has 0 amide bonds. The van der Waals surface area contributed by atoms with E-state index in [1.165, 1.54) is 12.1 Å². The third-order valence-corrected chi connectivity index (χ3v) is 2.57. The Morgan fingerprint density at radius 1 is 1.33 bits per heavy atom. The van der Waals surface area contributed by atoms with Gasteiger partial charge in [-0.05, 0) is 48.4 Å².